The summed E-state index contributed by atoms with van der Waals surface area (Å²) in [5, 5.41) is 10.9. The van der Waals surface area contributed by atoms with Crippen molar-refractivity contribution in [3.63, 3.8) is 0 Å². The van der Waals surface area contributed by atoms with Gasteiger partial charge in [0.1, 0.15) is 11.9 Å². The number of aromatic nitrogens is 1. The van der Waals surface area contributed by atoms with Crippen molar-refractivity contribution in [2.45, 2.75) is 19.4 Å². The molecule has 1 unspecified atom stereocenters. The standard InChI is InChI=1S/C15H16ClNO2/c1-10-4-3-5-13(17-10)14(18)9-11-8-12(16)6-7-15(11)19-2/h3-8,14,18H,9H2,1-2H3. The van der Waals surface area contributed by atoms with Crippen molar-refractivity contribution in [1.82, 2.24) is 4.98 Å². The molecule has 0 amide bonds. The number of aryl methyl sites for hydroxylation is 1. The third-order valence-electron chi connectivity index (χ3n) is 2.91. The molecule has 3 nitrogen and oxygen atoms in total. The number of hydrogen-bond donors (Lipinski definition) is 1. The SMILES string of the molecule is COc1ccc(Cl)cc1CC(O)c1cccc(C)n1. The molecular weight excluding hydrogens is 262 g/mol. The minimum absolute atomic E-state index is 0.417. The third kappa shape index (κ3) is 3.46. The molecule has 0 saturated heterocycles. The molecule has 0 bridgehead atoms. The van der Waals surface area contributed by atoms with Crippen molar-refractivity contribution in [2.75, 3.05) is 7.11 Å². The zero-order valence-electron chi connectivity index (χ0n) is 10.9. The molecule has 1 aromatic heterocycles. The highest BCUT2D eigenvalue weighted by Crippen LogP contribution is 2.27. The van der Waals surface area contributed by atoms with Gasteiger partial charge in [-0.05, 0) is 42.8 Å². The summed E-state index contributed by atoms with van der Waals surface area (Å²) >= 11 is 5.98. The van der Waals surface area contributed by atoms with E-state index in [0.717, 1.165) is 17.0 Å². The molecule has 1 aromatic carbocycles. The highest BCUT2D eigenvalue weighted by atomic mass is 35.5. The molecular formula is C15H16ClNO2. The molecule has 1 atom stereocenters. The van der Waals surface area contributed by atoms with Crippen LogP contribution in [0.5, 0.6) is 5.75 Å². The van der Waals surface area contributed by atoms with Gasteiger partial charge in [-0.25, -0.2) is 0 Å². The van der Waals surface area contributed by atoms with E-state index in [1.807, 2.05) is 25.1 Å². The van der Waals surface area contributed by atoms with Crippen molar-refractivity contribution in [3.05, 3.63) is 58.4 Å². The number of nitrogens with zero attached hydrogens (tertiary/aromatic N) is 1. The van der Waals surface area contributed by atoms with Crippen molar-refractivity contribution in [1.29, 1.82) is 0 Å². The molecule has 0 radical (unpaired) electrons. The first kappa shape index (κ1) is 13.8. The first-order chi connectivity index (χ1) is 9.10. The molecule has 1 heterocycles. The molecule has 2 aromatic rings. The van der Waals surface area contributed by atoms with Crippen molar-refractivity contribution < 1.29 is 9.84 Å². The maximum Gasteiger partial charge on any atom is 0.122 e. The zero-order chi connectivity index (χ0) is 13.8. The van der Waals surface area contributed by atoms with Crippen LogP contribution in [0, 0.1) is 6.92 Å². The van der Waals surface area contributed by atoms with Gasteiger partial charge in [0.15, 0.2) is 0 Å². The molecule has 0 fully saturated rings. The molecule has 0 saturated carbocycles. The third-order valence-corrected chi connectivity index (χ3v) is 3.14. The molecule has 0 aliphatic carbocycles. The van der Waals surface area contributed by atoms with Crippen LogP contribution < -0.4 is 4.74 Å². The van der Waals surface area contributed by atoms with E-state index in [0.29, 0.717) is 17.1 Å². The number of ether oxygens (including phenoxy) is 1. The lowest BCUT2D eigenvalue weighted by molar-refractivity contribution is 0.172. The van der Waals surface area contributed by atoms with Gasteiger partial charge in [0.25, 0.3) is 0 Å². The minimum Gasteiger partial charge on any atom is -0.496 e. The second kappa shape index (κ2) is 6.04. The Balaban J connectivity index is 2.23. The van der Waals surface area contributed by atoms with E-state index in [2.05, 4.69) is 4.98 Å². The smallest absolute Gasteiger partial charge is 0.122 e. The summed E-state index contributed by atoms with van der Waals surface area (Å²) in [6.45, 7) is 1.90. The first-order valence-corrected chi connectivity index (χ1v) is 6.42. The van der Waals surface area contributed by atoms with Gasteiger partial charge >= 0.3 is 0 Å². The number of aliphatic hydroxyl groups is 1. The normalized spacial score (nSPS) is 12.2. The zero-order valence-corrected chi connectivity index (χ0v) is 11.7. The second-order valence-electron chi connectivity index (χ2n) is 4.38. The summed E-state index contributed by atoms with van der Waals surface area (Å²) in [4.78, 5) is 4.32. The average molecular weight is 278 g/mol. The molecule has 4 heteroatoms. The monoisotopic (exact) mass is 277 g/mol. The maximum absolute atomic E-state index is 10.2. The maximum atomic E-state index is 10.2. The van der Waals surface area contributed by atoms with Gasteiger partial charge in [0.2, 0.25) is 0 Å². The number of hydrogen-bond acceptors (Lipinski definition) is 3. The highest BCUT2D eigenvalue weighted by Gasteiger charge is 2.13. The Kier molecular flexibility index (Phi) is 4.40. The Bertz CT molecular complexity index is 572. The molecule has 2 rings (SSSR count). The quantitative estimate of drug-likeness (QED) is 0.932. The van der Waals surface area contributed by atoms with Crippen molar-refractivity contribution in [2.24, 2.45) is 0 Å². The fourth-order valence-corrected chi connectivity index (χ4v) is 2.16. The summed E-state index contributed by atoms with van der Waals surface area (Å²) in [5.74, 6) is 0.719. The van der Waals surface area contributed by atoms with Gasteiger partial charge in [0.05, 0.1) is 12.8 Å². The Morgan fingerprint density at radius 3 is 2.79 bits per heavy atom. The summed E-state index contributed by atoms with van der Waals surface area (Å²) in [7, 11) is 1.60. The number of aliphatic hydroxyl groups excluding tert-OH is 1. The average Bonchev–Trinajstić information content (AvgIpc) is 2.39. The van der Waals surface area contributed by atoms with Crippen LogP contribution in [0.25, 0.3) is 0 Å². The van der Waals surface area contributed by atoms with Crippen LogP contribution in [0.1, 0.15) is 23.1 Å². The van der Waals surface area contributed by atoms with Gasteiger partial charge in [-0.2, -0.15) is 0 Å². The fraction of sp³-hybridized carbons (Fsp3) is 0.267. The Morgan fingerprint density at radius 1 is 1.32 bits per heavy atom. The number of rotatable bonds is 4. The minimum atomic E-state index is -0.674. The van der Waals surface area contributed by atoms with Gasteiger partial charge in [-0.1, -0.05) is 17.7 Å². The van der Waals surface area contributed by atoms with E-state index in [1.54, 1.807) is 25.3 Å². The van der Waals surface area contributed by atoms with Gasteiger partial charge in [-0.15, -0.1) is 0 Å². The largest absolute Gasteiger partial charge is 0.496 e. The van der Waals surface area contributed by atoms with Crippen LogP contribution in [-0.2, 0) is 6.42 Å². The van der Waals surface area contributed by atoms with Gasteiger partial charge in [-0.3, -0.25) is 4.98 Å². The highest BCUT2D eigenvalue weighted by molar-refractivity contribution is 6.30. The van der Waals surface area contributed by atoms with Gasteiger partial charge in [0, 0.05) is 17.1 Å². The van der Waals surface area contributed by atoms with Crippen LogP contribution in [0.15, 0.2) is 36.4 Å². The Morgan fingerprint density at radius 2 is 2.11 bits per heavy atom. The predicted octanol–water partition coefficient (Wildman–Crippen LogP) is 3.33. The Hall–Kier alpha value is -1.58. The lowest BCUT2D eigenvalue weighted by Gasteiger charge is -2.14. The van der Waals surface area contributed by atoms with E-state index in [4.69, 9.17) is 16.3 Å². The van der Waals surface area contributed by atoms with Crippen LogP contribution in [0.2, 0.25) is 5.02 Å². The Labute approximate surface area is 117 Å². The predicted molar refractivity (Wildman–Crippen MR) is 75.6 cm³/mol. The lowest BCUT2D eigenvalue weighted by Crippen LogP contribution is -2.06. The van der Waals surface area contributed by atoms with Crippen LogP contribution in [0.3, 0.4) is 0 Å². The fourth-order valence-electron chi connectivity index (χ4n) is 1.97. The van der Waals surface area contributed by atoms with E-state index in [1.165, 1.54) is 0 Å². The van der Waals surface area contributed by atoms with E-state index in [9.17, 15) is 5.11 Å². The molecule has 19 heavy (non-hydrogen) atoms. The van der Waals surface area contributed by atoms with E-state index < -0.39 is 6.10 Å². The van der Waals surface area contributed by atoms with Crippen LogP contribution >= 0.6 is 11.6 Å². The lowest BCUT2D eigenvalue weighted by atomic mass is 10.0. The van der Waals surface area contributed by atoms with E-state index >= 15 is 0 Å². The summed E-state index contributed by atoms with van der Waals surface area (Å²) in [6, 6.07) is 11.0. The number of halogens is 1. The number of pyridine rings is 1. The number of benzene rings is 1. The van der Waals surface area contributed by atoms with Crippen LogP contribution in [0.4, 0.5) is 0 Å². The summed E-state index contributed by atoms with van der Waals surface area (Å²) < 4.78 is 5.27. The molecule has 100 valence electrons. The summed E-state index contributed by atoms with van der Waals surface area (Å²) in [5.41, 5.74) is 2.41. The topological polar surface area (TPSA) is 42.4 Å². The summed E-state index contributed by atoms with van der Waals surface area (Å²) in [6.07, 6.45) is -0.257. The van der Waals surface area contributed by atoms with Gasteiger partial charge < -0.3 is 9.84 Å². The van der Waals surface area contributed by atoms with Crippen molar-refractivity contribution in [3.8, 4) is 5.75 Å². The number of methoxy groups -OCH3 is 1. The van der Waals surface area contributed by atoms with Crippen LogP contribution in [-0.4, -0.2) is 17.2 Å². The van der Waals surface area contributed by atoms with E-state index in [-0.39, 0.29) is 0 Å². The molecule has 1 N–H and O–H groups in total. The van der Waals surface area contributed by atoms with Crippen molar-refractivity contribution >= 4 is 11.6 Å². The molecule has 0 aliphatic rings. The first-order valence-electron chi connectivity index (χ1n) is 6.04. The molecule has 0 spiro atoms. The molecule has 0 aliphatic heterocycles. The second-order valence-corrected chi connectivity index (χ2v) is 4.82.